The zero-order valence-electron chi connectivity index (χ0n) is 18.2. The molecule has 2 aromatic carbocycles. The first kappa shape index (κ1) is 23.6. The van der Waals surface area contributed by atoms with E-state index in [1.54, 1.807) is 0 Å². The monoisotopic (exact) mass is 474 g/mol. The van der Waals surface area contributed by atoms with Crippen LogP contribution in [0.4, 0.5) is 13.6 Å². The minimum Gasteiger partial charge on any atom is -0.480 e. The lowest BCUT2D eigenvalue weighted by Crippen LogP contribution is -2.54. The van der Waals surface area contributed by atoms with Crippen LogP contribution in [0.1, 0.15) is 23.5 Å². The van der Waals surface area contributed by atoms with E-state index in [9.17, 15) is 28.3 Å². The normalized spacial score (nSPS) is 18.2. The van der Waals surface area contributed by atoms with Gasteiger partial charge in [-0.15, -0.1) is 0 Å². The Morgan fingerprint density at radius 1 is 1.09 bits per heavy atom. The van der Waals surface area contributed by atoms with Crippen molar-refractivity contribution in [1.82, 2.24) is 10.2 Å². The summed E-state index contributed by atoms with van der Waals surface area (Å²) >= 11 is 0. The molecule has 0 saturated carbocycles. The Kier molecular flexibility index (Phi) is 7.06. The lowest BCUT2D eigenvalue weighted by molar-refractivity contribution is -0.158. The molecular weight excluding hydrogens is 450 g/mol. The number of hydrogen-bond donors (Lipinski definition) is 2. The van der Waals surface area contributed by atoms with E-state index in [0.29, 0.717) is 0 Å². The third-order valence-corrected chi connectivity index (χ3v) is 6.08. The molecule has 2 unspecified atom stereocenters. The first-order valence-electron chi connectivity index (χ1n) is 10.9. The molecule has 0 spiro atoms. The quantitative estimate of drug-likeness (QED) is 0.640. The highest BCUT2D eigenvalue weighted by molar-refractivity contribution is 5.85. The van der Waals surface area contributed by atoms with E-state index >= 15 is 0 Å². The van der Waals surface area contributed by atoms with Crippen molar-refractivity contribution >= 4 is 18.0 Å². The van der Waals surface area contributed by atoms with Crippen LogP contribution in [-0.2, 0) is 19.1 Å². The summed E-state index contributed by atoms with van der Waals surface area (Å²) < 4.78 is 37.5. The molecule has 2 aromatic rings. The molecule has 0 radical (unpaired) electrons. The Labute approximate surface area is 194 Å². The second kappa shape index (κ2) is 10.2. The minimum atomic E-state index is -3.05. The van der Waals surface area contributed by atoms with E-state index in [2.05, 4.69) is 5.32 Å². The molecule has 2 atom stereocenters. The molecular formula is C24H24F2N2O6. The molecule has 1 aliphatic heterocycles. The van der Waals surface area contributed by atoms with Crippen LogP contribution in [0.5, 0.6) is 0 Å². The Morgan fingerprint density at radius 2 is 1.71 bits per heavy atom. The second-order valence-electron chi connectivity index (χ2n) is 8.13. The smallest absolute Gasteiger partial charge is 0.407 e. The van der Waals surface area contributed by atoms with Crippen molar-refractivity contribution in [2.24, 2.45) is 0 Å². The van der Waals surface area contributed by atoms with Crippen molar-refractivity contribution in [1.29, 1.82) is 0 Å². The van der Waals surface area contributed by atoms with Crippen molar-refractivity contribution in [3.05, 3.63) is 59.7 Å². The maximum atomic E-state index is 13.6. The SMILES string of the molecule is O=C(NC(CC(=O)N1CCOCC1C(=O)O)C(F)F)OCC1c2ccccc2-c2ccccc21. The van der Waals surface area contributed by atoms with E-state index in [1.807, 2.05) is 48.5 Å². The number of ether oxygens (including phenoxy) is 2. The van der Waals surface area contributed by atoms with Gasteiger partial charge < -0.3 is 24.8 Å². The number of alkyl carbamates (subject to hydrolysis) is 1. The molecule has 2 N–H and O–H groups in total. The van der Waals surface area contributed by atoms with E-state index in [0.717, 1.165) is 27.2 Å². The van der Waals surface area contributed by atoms with Crippen LogP contribution in [0, 0.1) is 0 Å². The lowest BCUT2D eigenvalue weighted by atomic mass is 9.98. The van der Waals surface area contributed by atoms with Crippen LogP contribution in [-0.4, -0.2) is 72.9 Å². The molecule has 1 fully saturated rings. The Morgan fingerprint density at radius 3 is 2.29 bits per heavy atom. The summed E-state index contributed by atoms with van der Waals surface area (Å²) in [5, 5.41) is 11.3. The van der Waals surface area contributed by atoms with Gasteiger partial charge in [-0.2, -0.15) is 0 Å². The average Bonchev–Trinajstić information content (AvgIpc) is 3.16. The number of amides is 2. The van der Waals surface area contributed by atoms with Gasteiger partial charge in [0.05, 0.1) is 19.6 Å². The number of nitrogens with zero attached hydrogens (tertiary/aromatic N) is 1. The number of carbonyl (C=O) groups excluding carboxylic acids is 2. The number of alkyl halides is 2. The number of carbonyl (C=O) groups is 3. The van der Waals surface area contributed by atoms with Crippen LogP contribution in [0.2, 0.25) is 0 Å². The highest BCUT2D eigenvalue weighted by Gasteiger charge is 2.36. The summed E-state index contributed by atoms with van der Waals surface area (Å²) in [5.74, 6) is -2.33. The molecule has 10 heteroatoms. The summed E-state index contributed by atoms with van der Waals surface area (Å²) in [5.41, 5.74) is 4.01. The van der Waals surface area contributed by atoms with Gasteiger partial charge in [0.1, 0.15) is 12.6 Å². The van der Waals surface area contributed by atoms with Crippen LogP contribution in [0.15, 0.2) is 48.5 Å². The lowest BCUT2D eigenvalue weighted by Gasteiger charge is -2.33. The maximum Gasteiger partial charge on any atom is 0.407 e. The number of nitrogens with one attached hydrogen (secondary N) is 1. The molecule has 2 amide bonds. The van der Waals surface area contributed by atoms with Crippen LogP contribution >= 0.6 is 0 Å². The summed E-state index contributed by atoms with van der Waals surface area (Å²) in [6.45, 7) is -0.208. The zero-order chi connectivity index (χ0) is 24.2. The number of carboxylic acids is 1. The number of morpholine rings is 1. The van der Waals surface area contributed by atoms with Crippen molar-refractivity contribution in [2.45, 2.75) is 30.8 Å². The molecule has 0 aromatic heterocycles. The molecule has 34 heavy (non-hydrogen) atoms. The fourth-order valence-corrected chi connectivity index (χ4v) is 4.41. The fraction of sp³-hybridized carbons (Fsp3) is 0.375. The van der Waals surface area contributed by atoms with Gasteiger partial charge in [-0.3, -0.25) is 4.79 Å². The van der Waals surface area contributed by atoms with E-state index in [4.69, 9.17) is 9.47 Å². The largest absolute Gasteiger partial charge is 0.480 e. The number of benzene rings is 2. The van der Waals surface area contributed by atoms with Gasteiger partial charge in [0.25, 0.3) is 6.43 Å². The van der Waals surface area contributed by atoms with Crippen molar-refractivity contribution in [3.8, 4) is 11.1 Å². The maximum absolute atomic E-state index is 13.6. The Hall–Kier alpha value is -3.53. The standard InChI is InChI=1S/C24H24F2N2O6/c25-22(26)19(11-21(29)28-9-10-33-13-20(28)23(30)31)27-24(32)34-12-18-16-7-3-1-5-14(16)15-6-2-4-8-17(15)18/h1-8,18-20,22H,9-13H2,(H,27,32)(H,30,31). The molecule has 1 aliphatic carbocycles. The van der Waals surface area contributed by atoms with E-state index in [-0.39, 0.29) is 32.3 Å². The molecule has 1 heterocycles. The number of hydrogen-bond acceptors (Lipinski definition) is 5. The molecule has 0 bridgehead atoms. The first-order chi connectivity index (χ1) is 16.4. The minimum absolute atomic E-state index is 0.0310. The number of carboxylic acid groups (broad SMARTS) is 1. The topological polar surface area (TPSA) is 105 Å². The summed E-state index contributed by atoms with van der Waals surface area (Å²) in [6, 6.07) is 12.3. The number of rotatable bonds is 7. The van der Waals surface area contributed by atoms with Gasteiger partial charge in [0, 0.05) is 12.5 Å². The highest BCUT2D eigenvalue weighted by atomic mass is 19.3. The zero-order valence-corrected chi connectivity index (χ0v) is 18.2. The van der Waals surface area contributed by atoms with Gasteiger partial charge in [-0.1, -0.05) is 48.5 Å². The summed E-state index contributed by atoms with van der Waals surface area (Å²) in [6.07, 6.45) is -4.88. The molecule has 2 aliphatic rings. The van der Waals surface area contributed by atoms with Crippen molar-refractivity contribution in [3.63, 3.8) is 0 Å². The summed E-state index contributed by atoms with van der Waals surface area (Å²) in [7, 11) is 0. The van der Waals surface area contributed by atoms with Crippen LogP contribution < -0.4 is 5.32 Å². The number of aliphatic carboxylic acids is 1. The Bertz CT molecular complexity index is 1030. The van der Waals surface area contributed by atoms with Crippen molar-refractivity contribution in [2.75, 3.05) is 26.4 Å². The van der Waals surface area contributed by atoms with E-state index in [1.165, 1.54) is 0 Å². The Balaban J connectivity index is 1.38. The fourth-order valence-electron chi connectivity index (χ4n) is 4.41. The van der Waals surface area contributed by atoms with Gasteiger partial charge in [0.15, 0.2) is 6.04 Å². The molecule has 1 saturated heterocycles. The summed E-state index contributed by atoms with van der Waals surface area (Å²) in [4.78, 5) is 37.2. The highest BCUT2D eigenvalue weighted by Crippen LogP contribution is 2.44. The predicted molar refractivity (Wildman–Crippen MR) is 117 cm³/mol. The average molecular weight is 474 g/mol. The van der Waals surface area contributed by atoms with Crippen LogP contribution in [0.25, 0.3) is 11.1 Å². The third kappa shape index (κ3) is 4.86. The molecule has 180 valence electrons. The van der Waals surface area contributed by atoms with Crippen LogP contribution in [0.3, 0.4) is 0 Å². The predicted octanol–water partition coefficient (Wildman–Crippen LogP) is 2.86. The van der Waals surface area contributed by atoms with Gasteiger partial charge in [-0.05, 0) is 22.3 Å². The first-order valence-corrected chi connectivity index (χ1v) is 10.9. The van der Waals surface area contributed by atoms with E-state index < -0.39 is 42.9 Å². The number of fused-ring (bicyclic) bond motifs is 3. The van der Waals surface area contributed by atoms with Gasteiger partial charge in [-0.25, -0.2) is 18.4 Å². The molecule has 8 nitrogen and oxygen atoms in total. The second-order valence-corrected chi connectivity index (χ2v) is 8.13. The van der Waals surface area contributed by atoms with Crippen molar-refractivity contribution < 1.29 is 37.7 Å². The third-order valence-electron chi connectivity index (χ3n) is 6.08. The van der Waals surface area contributed by atoms with Gasteiger partial charge >= 0.3 is 12.1 Å². The number of halogens is 2. The molecule has 4 rings (SSSR count). The van der Waals surface area contributed by atoms with Gasteiger partial charge in [0.2, 0.25) is 5.91 Å².